The average molecular weight is 274 g/mol. The number of carbonyl (C=O) groups is 1. The zero-order valence-electron chi connectivity index (χ0n) is 12.1. The van der Waals surface area contributed by atoms with Crippen LogP contribution in [0.5, 0.6) is 0 Å². The summed E-state index contributed by atoms with van der Waals surface area (Å²) in [5.41, 5.74) is 7.50. The summed E-state index contributed by atoms with van der Waals surface area (Å²) in [6.07, 6.45) is 1.10. The third-order valence-corrected chi connectivity index (χ3v) is 3.23. The van der Waals surface area contributed by atoms with Crippen molar-refractivity contribution in [3.8, 4) is 0 Å². The van der Waals surface area contributed by atoms with Crippen molar-refractivity contribution in [1.29, 1.82) is 0 Å². The molecule has 0 aliphatic heterocycles. The molecule has 1 aromatic carbocycles. The molecule has 0 aliphatic carbocycles. The molecule has 1 heterocycles. The van der Waals surface area contributed by atoms with Crippen molar-refractivity contribution in [3.63, 3.8) is 0 Å². The molecule has 0 radical (unpaired) electrons. The maximum absolute atomic E-state index is 11.4. The highest BCUT2D eigenvalue weighted by Gasteiger charge is 2.12. The molecule has 0 saturated carbocycles. The standard InChI is InChI=1S/C15H22N4O/c1-11(2)19-13-6-4-3-5-12(13)18-14(19)8-10-17-15(20)7-9-16/h3-6,11H,7-10,16H2,1-2H3,(H,17,20). The van der Waals surface area contributed by atoms with Crippen LogP contribution in [0.3, 0.4) is 0 Å². The molecule has 1 amide bonds. The average Bonchev–Trinajstić information content (AvgIpc) is 2.77. The number of hydrogen-bond donors (Lipinski definition) is 2. The number of benzene rings is 1. The number of nitrogens with one attached hydrogen (secondary N) is 1. The number of hydrogen-bond acceptors (Lipinski definition) is 3. The Bertz CT molecular complexity index is 589. The van der Waals surface area contributed by atoms with Gasteiger partial charge in [-0.1, -0.05) is 12.1 Å². The lowest BCUT2D eigenvalue weighted by molar-refractivity contribution is -0.120. The van der Waals surface area contributed by atoms with Crippen LogP contribution in [0.15, 0.2) is 24.3 Å². The lowest BCUT2D eigenvalue weighted by Gasteiger charge is -2.13. The largest absolute Gasteiger partial charge is 0.356 e. The fraction of sp³-hybridized carbons (Fsp3) is 0.467. The highest BCUT2D eigenvalue weighted by atomic mass is 16.1. The zero-order chi connectivity index (χ0) is 14.5. The van der Waals surface area contributed by atoms with E-state index in [9.17, 15) is 4.79 Å². The molecule has 5 heteroatoms. The summed E-state index contributed by atoms with van der Waals surface area (Å²) < 4.78 is 2.23. The number of para-hydroxylation sites is 2. The molecular formula is C15H22N4O. The van der Waals surface area contributed by atoms with Gasteiger partial charge >= 0.3 is 0 Å². The van der Waals surface area contributed by atoms with Crippen molar-refractivity contribution in [2.45, 2.75) is 32.7 Å². The Labute approximate surface area is 119 Å². The van der Waals surface area contributed by atoms with E-state index in [0.717, 1.165) is 23.3 Å². The molecule has 3 N–H and O–H groups in total. The topological polar surface area (TPSA) is 72.9 Å². The molecule has 0 unspecified atom stereocenters. The Kier molecular flexibility index (Phi) is 4.74. The minimum Gasteiger partial charge on any atom is -0.356 e. The van der Waals surface area contributed by atoms with E-state index in [1.165, 1.54) is 0 Å². The lowest BCUT2D eigenvalue weighted by atomic mass is 10.3. The molecular weight excluding hydrogens is 252 g/mol. The quantitative estimate of drug-likeness (QED) is 0.840. The number of nitrogens with zero attached hydrogens (tertiary/aromatic N) is 2. The van der Waals surface area contributed by atoms with E-state index in [2.05, 4.69) is 34.8 Å². The second kappa shape index (κ2) is 6.52. The molecule has 1 aromatic heterocycles. The van der Waals surface area contributed by atoms with Crippen LogP contribution in [0.1, 0.15) is 32.1 Å². The smallest absolute Gasteiger partial charge is 0.221 e. The first-order chi connectivity index (χ1) is 9.63. The molecule has 0 spiro atoms. The van der Waals surface area contributed by atoms with Gasteiger partial charge in [-0.15, -0.1) is 0 Å². The predicted octanol–water partition coefficient (Wildman–Crippen LogP) is 1.62. The zero-order valence-corrected chi connectivity index (χ0v) is 12.1. The van der Waals surface area contributed by atoms with Crippen LogP contribution in [0.25, 0.3) is 11.0 Å². The fourth-order valence-electron chi connectivity index (χ4n) is 2.38. The van der Waals surface area contributed by atoms with E-state index in [4.69, 9.17) is 5.73 Å². The molecule has 108 valence electrons. The summed E-state index contributed by atoms with van der Waals surface area (Å²) in [6.45, 7) is 5.26. The number of rotatable bonds is 6. The molecule has 0 bridgehead atoms. The van der Waals surface area contributed by atoms with Gasteiger partial charge in [0.2, 0.25) is 5.91 Å². The Balaban J connectivity index is 2.13. The van der Waals surface area contributed by atoms with E-state index in [-0.39, 0.29) is 5.91 Å². The van der Waals surface area contributed by atoms with Crippen LogP contribution < -0.4 is 11.1 Å². The van der Waals surface area contributed by atoms with Crippen LogP contribution in [-0.4, -0.2) is 28.5 Å². The van der Waals surface area contributed by atoms with Gasteiger partial charge in [-0.3, -0.25) is 4.79 Å². The summed E-state index contributed by atoms with van der Waals surface area (Å²) in [5, 5.41) is 2.87. The lowest BCUT2D eigenvalue weighted by Crippen LogP contribution is -2.28. The number of aromatic nitrogens is 2. The third-order valence-electron chi connectivity index (χ3n) is 3.23. The maximum atomic E-state index is 11.4. The molecule has 5 nitrogen and oxygen atoms in total. The van der Waals surface area contributed by atoms with E-state index >= 15 is 0 Å². The Morgan fingerprint density at radius 1 is 1.40 bits per heavy atom. The molecule has 0 aliphatic rings. The van der Waals surface area contributed by atoms with Crippen LogP contribution in [0.2, 0.25) is 0 Å². The van der Waals surface area contributed by atoms with Crippen molar-refractivity contribution < 1.29 is 4.79 Å². The van der Waals surface area contributed by atoms with Crippen molar-refractivity contribution in [2.75, 3.05) is 13.1 Å². The van der Waals surface area contributed by atoms with E-state index in [1.54, 1.807) is 0 Å². The minimum absolute atomic E-state index is 0.000270. The summed E-state index contributed by atoms with van der Waals surface area (Å²) >= 11 is 0. The molecule has 0 fully saturated rings. The highest BCUT2D eigenvalue weighted by molar-refractivity contribution is 5.77. The van der Waals surface area contributed by atoms with E-state index in [1.807, 2.05) is 18.2 Å². The van der Waals surface area contributed by atoms with Crippen molar-refractivity contribution >= 4 is 16.9 Å². The van der Waals surface area contributed by atoms with E-state index < -0.39 is 0 Å². The summed E-state index contributed by atoms with van der Waals surface area (Å²) in [7, 11) is 0. The van der Waals surface area contributed by atoms with Crippen molar-refractivity contribution in [3.05, 3.63) is 30.1 Å². The molecule has 0 atom stereocenters. The van der Waals surface area contributed by atoms with Gasteiger partial charge < -0.3 is 15.6 Å². The number of carbonyl (C=O) groups excluding carboxylic acids is 1. The SMILES string of the molecule is CC(C)n1c(CCNC(=O)CCN)nc2ccccc21. The van der Waals surface area contributed by atoms with Gasteiger partial charge in [-0.2, -0.15) is 0 Å². The second-order valence-corrected chi connectivity index (χ2v) is 5.12. The molecule has 2 aromatic rings. The van der Waals surface area contributed by atoms with E-state index in [0.29, 0.717) is 25.6 Å². The highest BCUT2D eigenvalue weighted by Crippen LogP contribution is 2.20. The van der Waals surface area contributed by atoms with Crippen LogP contribution >= 0.6 is 0 Å². The minimum atomic E-state index is -0.000270. The number of imidazole rings is 1. The van der Waals surface area contributed by atoms with Gasteiger partial charge in [0.05, 0.1) is 11.0 Å². The molecule has 0 saturated heterocycles. The summed E-state index contributed by atoms with van der Waals surface area (Å²) in [5.74, 6) is 1.01. The Morgan fingerprint density at radius 2 is 2.15 bits per heavy atom. The van der Waals surface area contributed by atoms with Gasteiger partial charge in [0.1, 0.15) is 5.82 Å². The fourth-order valence-corrected chi connectivity index (χ4v) is 2.38. The first-order valence-electron chi connectivity index (χ1n) is 7.06. The van der Waals surface area contributed by atoms with Crippen LogP contribution in [-0.2, 0) is 11.2 Å². The normalized spacial score (nSPS) is 11.2. The first kappa shape index (κ1) is 14.5. The van der Waals surface area contributed by atoms with Crippen molar-refractivity contribution in [2.24, 2.45) is 5.73 Å². The molecule has 20 heavy (non-hydrogen) atoms. The monoisotopic (exact) mass is 274 g/mol. The summed E-state index contributed by atoms with van der Waals surface area (Å²) in [6, 6.07) is 8.46. The Hall–Kier alpha value is -1.88. The number of nitrogens with two attached hydrogens (primary N) is 1. The van der Waals surface area contributed by atoms with Gasteiger partial charge in [-0.05, 0) is 26.0 Å². The number of fused-ring (bicyclic) bond motifs is 1. The Morgan fingerprint density at radius 3 is 2.85 bits per heavy atom. The van der Waals surface area contributed by atoms with Gasteiger partial charge in [0.15, 0.2) is 0 Å². The van der Waals surface area contributed by atoms with Gasteiger partial charge in [0.25, 0.3) is 0 Å². The maximum Gasteiger partial charge on any atom is 0.221 e. The van der Waals surface area contributed by atoms with Crippen LogP contribution in [0, 0.1) is 0 Å². The summed E-state index contributed by atoms with van der Waals surface area (Å²) in [4.78, 5) is 16.1. The van der Waals surface area contributed by atoms with Gasteiger partial charge in [0, 0.05) is 32.0 Å². The first-order valence-corrected chi connectivity index (χ1v) is 7.06. The second-order valence-electron chi connectivity index (χ2n) is 5.12. The number of amides is 1. The molecule has 2 rings (SSSR count). The van der Waals surface area contributed by atoms with Crippen molar-refractivity contribution in [1.82, 2.24) is 14.9 Å². The third kappa shape index (κ3) is 3.17. The van der Waals surface area contributed by atoms with Crippen LogP contribution in [0.4, 0.5) is 0 Å². The van der Waals surface area contributed by atoms with Gasteiger partial charge in [-0.25, -0.2) is 4.98 Å². The predicted molar refractivity (Wildman–Crippen MR) is 80.5 cm³/mol.